The Kier molecular flexibility index (Phi) is 5.97. The molecule has 0 amide bonds. The van der Waals surface area contributed by atoms with E-state index >= 15 is 0 Å². The molecule has 0 spiro atoms. The van der Waals surface area contributed by atoms with Crippen molar-refractivity contribution in [3.8, 4) is 0 Å². The van der Waals surface area contributed by atoms with Crippen LogP contribution in [0.15, 0.2) is 35.3 Å². The molecule has 1 heterocycles. The lowest BCUT2D eigenvalue weighted by molar-refractivity contribution is 0.00124. The van der Waals surface area contributed by atoms with E-state index in [1.165, 1.54) is 18.4 Å². The van der Waals surface area contributed by atoms with E-state index in [1.54, 1.807) is 7.05 Å². The summed E-state index contributed by atoms with van der Waals surface area (Å²) in [4.78, 5) is 6.29. The van der Waals surface area contributed by atoms with Gasteiger partial charge in [0.25, 0.3) is 0 Å². The molecule has 3 atom stereocenters. The van der Waals surface area contributed by atoms with Crippen molar-refractivity contribution in [3.05, 3.63) is 35.9 Å². The standard InChI is InChI=1S/C20H32N4O/c1-14-12-18(21)19(24(14)20(22)23-2)13-25-17-10-8-16(9-11-17)15-6-4-3-5-7-15/h3-7,14,16-19H,8-13,21H2,1-2H3,(H2,22,23). The monoisotopic (exact) mass is 344 g/mol. The summed E-state index contributed by atoms with van der Waals surface area (Å²) < 4.78 is 6.26. The minimum absolute atomic E-state index is 0.0935. The van der Waals surface area contributed by atoms with Crippen LogP contribution in [0.2, 0.25) is 0 Å². The van der Waals surface area contributed by atoms with Gasteiger partial charge in [0.1, 0.15) is 0 Å². The van der Waals surface area contributed by atoms with Gasteiger partial charge in [0.05, 0.1) is 18.8 Å². The van der Waals surface area contributed by atoms with Gasteiger partial charge in [0.15, 0.2) is 5.96 Å². The molecule has 1 aliphatic heterocycles. The van der Waals surface area contributed by atoms with E-state index in [2.05, 4.69) is 47.1 Å². The Morgan fingerprint density at radius 1 is 1.20 bits per heavy atom. The molecule has 4 N–H and O–H groups in total. The van der Waals surface area contributed by atoms with Crippen LogP contribution in [0.4, 0.5) is 0 Å². The molecule has 138 valence electrons. The van der Waals surface area contributed by atoms with Gasteiger partial charge in [-0.3, -0.25) is 4.99 Å². The number of hydrogen-bond donors (Lipinski definition) is 2. The molecular weight excluding hydrogens is 312 g/mol. The van der Waals surface area contributed by atoms with Crippen LogP contribution in [-0.2, 0) is 4.74 Å². The van der Waals surface area contributed by atoms with Gasteiger partial charge in [-0.25, -0.2) is 0 Å². The van der Waals surface area contributed by atoms with Gasteiger partial charge in [-0.15, -0.1) is 0 Å². The summed E-state index contributed by atoms with van der Waals surface area (Å²) in [5.41, 5.74) is 13.9. The van der Waals surface area contributed by atoms with E-state index in [0.717, 1.165) is 19.3 Å². The third-order valence-electron chi connectivity index (χ3n) is 5.88. The first-order valence-electron chi connectivity index (χ1n) is 9.52. The molecule has 25 heavy (non-hydrogen) atoms. The number of nitrogens with zero attached hydrogens (tertiary/aromatic N) is 2. The van der Waals surface area contributed by atoms with Crippen molar-refractivity contribution in [3.63, 3.8) is 0 Å². The average molecular weight is 345 g/mol. The first kappa shape index (κ1) is 18.2. The van der Waals surface area contributed by atoms with Crippen molar-refractivity contribution in [2.75, 3.05) is 13.7 Å². The summed E-state index contributed by atoms with van der Waals surface area (Å²) in [6.45, 7) is 2.80. The number of guanidine groups is 1. The van der Waals surface area contributed by atoms with Crippen molar-refractivity contribution < 1.29 is 4.74 Å². The van der Waals surface area contributed by atoms with Gasteiger partial charge in [0.2, 0.25) is 0 Å². The summed E-state index contributed by atoms with van der Waals surface area (Å²) >= 11 is 0. The summed E-state index contributed by atoms with van der Waals surface area (Å²) in [6.07, 6.45) is 5.91. The van der Waals surface area contributed by atoms with E-state index < -0.39 is 0 Å². The molecule has 1 saturated heterocycles. The van der Waals surface area contributed by atoms with Crippen LogP contribution in [0, 0.1) is 0 Å². The highest BCUT2D eigenvalue weighted by atomic mass is 16.5. The zero-order chi connectivity index (χ0) is 17.8. The van der Waals surface area contributed by atoms with Crippen LogP contribution in [0.25, 0.3) is 0 Å². The van der Waals surface area contributed by atoms with Gasteiger partial charge >= 0.3 is 0 Å². The second kappa shape index (κ2) is 8.19. The largest absolute Gasteiger partial charge is 0.376 e. The van der Waals surface area contributed by atoms with Crippen LogP contribution in [-0.4, -0.2) is 48.7 Å². The first-order chi connectivity index (χ1) is 12.1. The van der Waals surface area contributed by atoms with Gasteiger partial charge in [-0.1, -0.05) is 30.3 Å². The molecule has 1 aliphatic carbocycles. The number of nitrogens with two attached hydrogens (primary N) is 2. The Hall–Kier alpha value is -1.59. The Morgan fingerprint density at radius 2 is 1.88 bits per heavy atom. The fraction of sp³-hybridized carbons (Fsp3) is 0.650. The van der Waals surface area contributed by atoms with Crippen molar-refractivity contribution in [1.82, 2.24) is 4.90 Å². The van der Waals surface area contributed by atoms with Crippen LogP contribution < -0.4 is 11.5 Å². The van der Waals surface area contributed by atoms with Crippen LogP contribution in [0.5, 0.6) is 0 Å². The van der Waals surface area contributed by atoms with Gasteiger partial charge in [-0.05, 0) is 50.5 Å². The van der Waals surface area contributed by atoms with Crippen LogP contribution in [0.1, 0.15) is 50.5 Å². The Balaban J connectivity index is 1.51. The predicted octanol–water partition coefficient (Wildman–Crippen LogP) is 2.46. The molecule has 0 radical (unpaired) electrons. The number of rotatable bonds is 4. The minimum atomic E-state index is 0.0935. The summed E-state index contributed by atoms with van der Waals surface area (Å²) in [5, 5.41) is 0. The molecule has 2 fully saturated rings. The summed E-state index contributed by atoms with van der Waals surface area (Å²) in [6, 6.07) is 11.4. The predicted molar refractivity (Wildman–Crippen MR) is 103 cm³/mol. The molecular formula is C20H32N4O. The minimum Gasteiger partial charge on any atom is -0.376 e. The molecule has 5 heteroatoms. The quantitative estimate of drug-likeness (QED) is 0.650. The lowest BCUT2D eigenvalue weighted by Crippen LogP contribution is -2.50. The maximum absolute atomic E-state index is 6.33. The van der Waals surface area contributed by atoms with Crippen LogP contribution in [0.3, 0.4) is 0 Å². The average Bonchev–Trinajstić information content (AvgIpc) is 2.93. The smallest absolute Gasteiger partial charge is 0.191 e. The number of ether oxygens (including phenoxy) is 1. The maximum atomic E-state index is 6.33. The number of benzene rings is 1. The SMILES string of the molecule is CN=C(N)N1C(C)CC(N)C1COC1CCC(c2ccccc2)CC1. The molecule has 3 rings (SSSR count). The molecule has 0 aromatic heterocycles. The van der Waals surface area contributed by atoms with Crippen molar-refractivity contribution >= 4 is 5.96 Å². The van der Waals surface area contributed by atoms with E-state index in [-0.39, 0.29) is 12.1 Å². The van der Waals surface area contributed by atoms with Gasteiger partial charge < -0.3 is 21.1 Å². The second-order valence-electron chi connectivity index (χ2n) is 7.52. The summed E-state index contributed by atoms with van der Waals surface area (Å²) in [7, 11) is 1.73. The first-order valence-corrected chi connectivity index (χ1v) is 9.52. The lowest BCUT2D eigenvalue weighted by atomic mass is 9.83. The van der Waals surface area contributed by atoms with Crippen molar-refractivity contribution in [2.24, 2.45) is 16.5 Å². The molecule has 1 aromatic carbocycles. The van der Waals surface area contributed by atoms with Gasteiger partial charge in [-0.2, -0.15) is 0 Å². The highest BCUT2D eigenvalue weighted by Crippen LogP contribution is 2.34. The molecule has 5 nitrogen and oxygen atoms in total. The normalized spacial score (nSPS) is 33.6. The Morgan fingerprint density at radius 3 is 2.52 bits per heavy atom. The maximum Gasteiger partial charge on any atom is 0.191 e. The summed E-state index contributed by atoms with van der Waals surface area (Å²) in [5.74, 6) is 1.25. The lowest BCUT2D eigenvalue weighted by Gasteiger charge is -2.33. The van der Waals surface area contributed by atoms with E-state index in [9.17, 15) is 0 Å². The van der Waals surface area contributed by atoms with E-state index in [4.69, 9.17) is 16.2 Å². The Labute approximate surface area is 151 Å². The van der Waals surface area contributed by atoms with Crippen molar-refractivity contribution in [2.45, 2.75) is 69.2 Å². The molecule has 1 saturated carbocycles. The fourth-order valence-electron chi connectivity index (χ4n) is 4.44. The number of hydrogen-bond acceptors (Lipinski definition) is 3. The topological polar surface area (TPSA) is 76.9 Å². The number of aliphatic imine (C=N–C) groups is 1. The molecule has 2 aliphatic rings. The zero-order valence-corrected chi connectivity index (χ0v) is 15.5. The highest BCUT2D eigenvalue weighted by Gasteiger charge is 2.38. The van der Waals surface area contributed by atoms with Gasteiger partial charge in [0, 0.05) is 19.1 Å². The number of likely N-dealkylation sites (tertiary alicyclic amines) is 1. The molecule has 3 unspecified atom stereocenters. The molecule has 0 bridgehead atoms. The highest BCUT2D eigenvalue weighted by molar-refractivity contribution is 5.79. The van der Waals surface area contributed by atoms with E-state index in [1.807, 2.05) is 0 Å². The third kappa shape index (κ3) is 4.15. The van der Waals surface area contributed by atoms with Crippen molar-refractivity contribution in [1.29, 1.82) is 0 Å². The third-order valence-corrected chi connectivity index (χ3v) is 5.88. The van der Waals surface area contributed by atoms with Crippen LogP contribution >= 0.6 is 0 Å². The Bertz CT molecular complexity index is 568. The zero-order valence-electron chi connectivity index (χ0n) is 15.5. The van der Waals surface area contributed by atoms with E-state index in [0.29, 0.717) is 30.6 Å². The second-order valence-corrected chi connectivity index (χ2v) is 7.52. The molecule has 1 aromatic rings. The fourth-order valence-corrected chi connectivity index (χ4v) is 4.44.